The molecule has 0 radical (unpaired) electrons. The smallest absolute Gasteiger partial charge is 0.352 e. The van der Waals surface area contributed by atoms with Crippen LogP contribution in [0.2, 0.25) is 0 Å². The molecule has 14 heavy (non-hydrogen) atoms. The van der Waals surface area contributed by atoms with Gasteiger partial charge in [0, 0.05) is 6.20 Å². The van der Waals surface area contributed by atoms with Crippen molar-refractivity contribution in [2.24, 2.45) is 0 Å². The lowest BCUT2D eigenvalue weighted by atomic mass is 10.3. The molecule has 0 N–H and O–H groups in total. The summed E-state index contributed by atoms with van der Waals surface area (Å²) in [6, 6.07) is 1.64. The van der Waals surface area contributed by atoms with Crippen LogP contribution in [-0.2, 0) is 6.42 Å². The van der Waals surface area contributed by atoms with E-state index in [-0.39, 0.29) is 5.82 Å². The van der Waals surface area contributed by atoms with Crippen molar-refractivity contribution in [3.8, 4) is 0 Å². The number of nitro groups is 1. The van der Waals surface area contributed by atoms with Crippen LogP contribution in [0.3, 0.4) is 0 Å². The summed E-state index contributed by atoms with van der Waals surface area (Å²) >= 11 is 0. The van der Waals surface area contributed by atoms with Gasteiger partial charge in [-0.2, -0.15) is 14.4 Å². The zero-order chi connectivity index (χ0) is 10.1. The Morgan fingerprint density at radius 2 is 2.43 bits per heavy atom. The molecule has 0 saturated carbocycles. The predicted octanol–water partition coefficient (Wildman–Crippen LogP) is 1.20. The zero-order valence-electron chi connectivity index (χ0n) is 7.54. The second-order valence-electron chi connectivity index (χ2n) is 2.78. The van der Waals surface area contributed by atoms with Gasteiger partial charge in [0.15, 0.2) is 0 Å². The van der Waals surface area contributed by atoms with Gasteiger partial charge < -0.3 is 10.1 Å². The highest BCUT2D eigenvalue weighted by atomic mass is 16.6. The summed E-state index contributed by atoms with van der Waals surface area (Å²) in [7, 11) is 0. The third kappa shape index (κ3) is 1.12. The minimum atomic E-state index is -0.430. The molecule has 0 aliphatic rings. The van der Waals surface area contributed by atoms with Gasteiger partial charge in [0.1, 0.15) is 11.9 Å². The largest absolute Gasteiger partial charge is 0.358 e. The van der Waals surface area contributed by atoms with Crippen LogP contribution in [0.25, 0.3) is 5.78 Å². The molecular formula is C8H8N4O2. The molecule has 0 atom stereocenters. The first-order valence-electron chi connectivity index (χ1n) is 4.20. The predicted molar refractivity (Wildman–Crippen MR) is 49.0 cm³/mol. The summed E-state index contributed by atoms with van der Waals surface area (Å²) in [5, 5.41) is 10.8. The number of imidazole rings is 1. The van der Waals surface area contributed by atoms with Crippen LogP contribution >= 0.6 is 0 Å². The molecule has 0 bridgehead atoms. The van der Waals surface area contributed by atoms with Crippen LogP contribution in [0.5, 0.6) is 0 Å². The summed E-state index contributed by atoms with van der Waals surface area (Å²) in [6.07, 6.45) is 3.68. The van der Waals surface area contributed by atoms with Gasteiger partial charge in [-0.05, 0) is 17.4 Å². The molecule has 0 spiro atoms. The molecule has 0 aliphatic heterocycles. The van der Waals surface area contributed by atoms with Gasteiger partial charge in [-0.1, -0.05) is 6.92 Å². The van der Waals surface area contributed by atoms with E-state index in [0.717, 1.165) is 0 Å². The van der Waals surface area contributed by atoms with E-state index < -0.39 is 4.92 Å². The van der Waals surface area contributed by atoms with Crippen LogP contribution in [0.15, 0.2) is 18.5 Å². The topological polar surface area (TPSA) is 73.3 Å². The highest BCUT2D eigenvalue weighted by molar-refractivity contribution is 5.43. The first kappa shape index (κ1) is 8.61. The molecule has 72 valence electrons. The van der Waals surface area contributed by atoms with Crippen molar-refractivity contribution in [3.63, 3.8) is 0 Å². The van der Waals surface area contributed by atoms with Crippen molar-refractivity contribution in [2.45, 2.75) is 13.3 Å². The Kier molecular flexibility index (Phi) is 1.88. The molecule has 0 fully saturated rings. The van der Waals surface area contributed by atoms with Crippen LogP contribution in [0, 0.1) is 10.1 Å². The molecule has 2 aromatic heterocycles. The maximum atomic E-state index is 10.8. The molecule has 2 aromatic rings. The fraction of sp³-hybridized carbons (Fsp3) is 0.250. The highest BCUT2D eigenvalue weighted by Crippen LogP contribution is 2.19. The molecule has 6 heteroatoms. The van der Waals surface area contributed by atoms with E-state index in [1.165, 1.54) is 4.40 Å². The standard InChI is InChI=1S/C8H8N4O2/c1-2-6-7(12(13)14)11-5-3-4-9-8(11)10-6/h3-5H,2H2,1H3. The van der Waals surface area contributed by atoms with Gasteiger partial charge in [-0.3, -0.25) is 0 Å². The van der Waals surface area contributed by atoms with Crippen molar-refractivity contribution < 1.29 is 4.92 Å². The zero-order valence-corrected chi connectivity index (χ0v) is 7.54. The average Bonchev–Trinajstić information content (AvgIpc) is 2.55. The maximum absolute atomic E-state index is 10.8. The van der Waals surface area contributed by atoms with Gasteiger partial charge >= 0.3 is 11.6 Å². The van der Waals surface area contributed by atoms with Gasteiger partial charge in [0.2, 0.25) is 0 Å². The fourth-order valence-electron chi connectivity index (χ4n) is 1.35. The molecule has 0 saturated heterocycles. The Bertz CT molecular complexity index is 491. The van der Waals surface area contributed by atoms with E-state index in [1.807, 2.05) is 6.92 Å². The molecule has 0 unspecified atom stereocenters. The number of nitrogens with zero attached hydrogens (tertiary/aromatic N) is 4. The van der Waals surface area contributed by atoms with E-state index in [4.69, 9.17) is 0 Å². The average molecular weight is 192 g/mol. The summed E-state index contributed by atoms with van der Waals surface area (Å²) in [6.45, 7) is 1.83. The highest BCUT2D eigenvalue weighted by Gasteiger charge is 2.20. The summed E-state index contributed by atoms with van der Waals surface area (Å²) in [5.41, 5.74) is 0.466. The van der Waals surface area contributed by atoms with Gasteiger partial charge in [-0.15, -0.1) is 0 Å². The van der Waals surface area contributed by atoms with Crippen molar-refractivity contribution in [1.29, 1.82) is 0 Å². The second-order valence-corrected chi connectivity index (χ2v) is 2.78. The van der Waals surface area contributed by atoms with Crippen molar-refractivity contribution in [2.75, 3.05) is 0 Å². The van der Waals surface area contributed by atoms with Gasteiger partial charge in [0.25, 0.3) is 0 Å². The lowest BCUT2D eigenvalue weighted by molar-refractivity contribution is -0.391. The third-order valence-corrected chi connectivity index (χ3v) is 1.96. The summed E-state index contributed by atoms with van der Waals surface area (Å²) in [5.74, 6) is 0.381. The Hall–Kier alpha value is -1.98. The molecule has 0 amide bonds. The monoisotopic (exact) mass is 192 g/mol. The minimum absolute atomic E-state index is 0.00981. The minimum Gasteiger partial charge on any atom is -0.358 e. The van der Waals surface area contributed by atoms with Crippen molar-refractivity contribution in [1.82, 2.24) is 14.4 Å². The fourth-order valence-corrected chi connectivity index (χ4v) is 1.35. The number of fused-ring (bicyclic) bond motifs is 1. The van der Waals surface area contributed by atoms with E-state index in [9.17, 15) is 10.1 Å². The number of rotatable bonds is 2. The molecule has 2 rings (SSSR count). The molecule has 2 heterocycles. The molecule has 0 aliphatic carbocycles. The molecule has 6 nitrogen and oxygen atoms in total. The Balaban J connectivity index is 2.81. The molecule has 0 aromatic carbocycles. The van der Waals surface area contributed by atoms with Crippen LogP contribution in [0.1, 0.15) is 12.6 Å². The summed E-state index contributed by atoms with van der Waals surface area (Å²) < 4.78 is 1.39. The van der Waals surface area contributed by atoms with E-state index in [1.54, 1.807) is 18.5 Å². The Morgan fingerprint density at radius 1 is 1.64 bits per heavy atom. The lowest BCUT2D eigenvalue weighted by Gasteiger charge is -1.93. The van der Waals surface area contributed by atoms with E-state index >= 15 is 0 Å². The van der Waals surface area contributed by atoms with Gasteiger partial charge in [0.05, 0.1) is 0 Å². The van der Waals surface area contributed by atoms with Gasteiger partial charge in [-0.25, -0.2) is 0 Å². The second kappa shape index (κ2) is 3.06. The van der Waals surface area contributed by atoms with Crippen LogP contribution in [0.4, 0.5) is 5.82 Å². The first-order valence-corrected chi connectivity index (χ1v) is 4.20. The summed E-state index contributed by atoms with van der Waals surface area (Å²) in [4.78, 5) is 18.3. The first-order chi connectivity index (χ1) is 6.74. The SMILES string of the molecule is CCc1nc2ncccn2c1[N+](=O)[O-]. The van der Waals surface area contributed by atoms with Crippen LogP contribution < -0.4 is 0 Å². The quantitative estimate of drug-likeness (QED) is 0.529. The van der Waals surface area contributed by atoms with E-state index in [2.05, 4.69) is 9.97 Å². The third-order valence-electron chi connectivity index (χ3n) is 1.96. The van der Waals surface area contributed by atoms with E-state index in [0.29, 0.717) is 17.9 Å². The van der Waals surface area contributed by atoms with Crippen molar-refractivity contribution >= 4 is 11.6 Å². The lowest BCUT2D eigenvalue weighted by Crippen LogP contribution is -1.96. The number of hydrogen-bond acceptors (Lipinski definition) is 4. The Morgan fingerprint density at radius 3 is 3.07 bits per heavy atom. The van der Waals surface area contributed by atoms with Crippen molar-refractivity contribution in [3.05, 3.63) is 34.3 Å². The number of aryl methyl sites for hydroxylation is 1. The number of aromatic nitrogens is 3. The number of hydrogen-bond donors (Lipinski definition) is 0. The molecular weight excluding hydrogens is 184 g/mol. The Labute approximate surface area is 79.4 Å². The van der Waals surface area contributed by atoms with Crippen LogP contribution in [-0.4, -0.2) is 19.3 Å². The normalized spacial score (nSPS) is 10.6. The maximum Gasteiger partial charge on any atom is 0.352 e.